The molecule has 1 aromatic heterocycles. The van der Waals surface area contributed by atoms with Gasteiger partial charge in [-0.15, -0.1) is 0 Å². The van der Waals surface area contributed by atoms with E-state index in [1.165, 1.54) is 0 Å². The van der Waals surface area contributed by atoms with Gasteiger partial charge in [-0.2, -0.15) is 0 Å². The zero-order valence-electron chi connectivity index (χ0n) is 15.8. The highest BCUT2D eigenvalue weighted by Crippen LogP contribution is 2.25. The average Bonchev–Trinajstić information content (AvgIpc) is 3.07. The molecule has 0 spiro atoms. The molecule has 1 aromatic carbocycles. The van der Waals surface area contributed by atoms with Crippen molar-refractivity contribution in [1.82, 2.24) is 14.5 Å². The summed E-state index contributed by atoms with van der Waals surface area (Å²) in [7, 11) is 1.79. The molecule has 0 aliphatic carbocycles. The quantitative estimate of drug-likeness (QED) is 0.813. The van der Waals surface area contributed by atoms with Crippen LogP contribution < -0.4 is 5.32 Å². The van der Waals surface area contributed by atoms with Gasteiger partial charge in [-0.1, -0.05) is 37.1 Å². The fraction of sp³-hybridized carbons (Fsp3) is 0.450. The van der Waals surface area contributed by atoms with Crippen molar-refractivity contribution in [2.45, 2.75) is 45.6 Å². The Bertz CT molecular complexity index is 847. The molecule has 6 nitrogen and oxygen atoms in total. The number of rotatable bonds is 6. The molecule has 0 atom stereocenters. The Kier molecular flexibility index (Phi) is 6.16. The van der Waals surface area contributed by atoms with Crippen LogP contribution in [-0.4, -0.2) is 39.9 Å². The number of unbranched alkanes of at least 4 members (excludes halogenated alkanes) is 1. The molecule has 27 heavy (non-hydrogen) atoms. The minimum absolute atomic E-state index is 0.120. The van der Waals surface area contributed by atoms with Gasteiger partial charge < -0.3 is 14.8 Å². The van der Waals surface area contributed by atoms with Gasteiger partial charge in [0.25, 0.3) is 11.8 Å². The monoisotopic (exact) mass is 388 g/mol. The van der Waals surface area contributed by atoms with Gasteiger partial charge >= 0.3 is 0 Å². The Morgan fingerprint density at radius 3 is 2.81 bits per heavy atom. The van der Waals surface area contributed by atoms with Crippen LogP contribution in [0.15, 0.2) is 24.3 Å². The molecular formula is C20H25ClN4O2. The van der Waals surface area contributed by atoms with E-state index in [9.17, 15) is 9.59 Å². The Morgan fingerprint density at radius 1 is 1.30 bits per heavy atom. The molecule has 0 saturated carbocycles. The third-order valence-corrected chi connectivity index (χ3v) is 5.17. The fourth-order valence-electron chi connectivity index (χ4n) is 3.31. The van der Waals surface area contributed by atoms with Gasteiger partial charge in [0.05, 0.1) is 16.4 Å². The number of imidazole rings is 1. The molecule has 3 rings (SSSR count). The standard InChI is InChI=1S/C20H25ClN4O2/c1-3-4-12-24(2)20(27)17-16-11-7-8-13-25(16)18(23-17)19(26)22-15-10-6-5-9-14(15)21/h5-6,9-10H,3-4,7-8,11-13H2,1-2H3,(H,22,26). The Labute approximate surface area is 164 Å². The number of hydrogen-bond acceptors (Lipinski definition) is 3. The molecule has 0 radical (unpaired) electrons. The van der Waals surface area contributed by atoms with E-state index in [0.29, 0.717) is 29.5 Å². The lowest BCUT2D eigenvalue weighted by atomic mass is 10.1. The number of aromatic nitrogens is 2. The van der Waals surface area contributed by atoms with Crippen LogP contribution in [-0.2, 0) is 13.0 Å². The first-order valence-electron chi connectivity index (χ1n) is 9.43. The maximum atomic E-state index is 12.9. The van der Waals surface area contributed by atoms with Crippen LogP contribution in [0.1, 0.15) is 59.4 Å². The minimum atomic E-state index is -0.346. The number of halogens is 1. The predicted octanol–water partition coefficient (Wildman–Crippen LogP) is 4.00. The Morgan fingerprint density at radius 2 is 2.07 bits per heavy atom. The zero-order chi connectivity index (χ0) is 19.4. The van der Waals surface area contributed by atoms with Crippen LogP contribution in [0.4, 0.5) is 5.69 Å². The first-order valence-corrected chi connectivity index (χ1v) is 9.81. The number of carbonyl (C=O) groups is 2. The van der Waals surface area contributed by atoms with Crippen LogP contribution in [0.3, 0.4) is 0 Å². The molecule has 0 fully saturated rings. The second-order valence-corrected chi connectivity index (χ2v) is 7.26. The van der Waals surface area contributed by atoms with Crippen molar-refractivity contribution in [3.8, 4) is 0 Å². The summed E-state index contributed by atoms with van der Waals surface area (Å²) in [6.07, 6.45) is 4.68. The summed E-state index contributed by atoms with van der Waals surface area (Å²) in [6, 6.07) is 7.07. The summed E-state index contributed by atoms with van der Waals surface area (Å²) in [5.41, 5.74) is 1.79. The van der Waals surface area contributed by atoms with Crippen molar-refractivity contribution < 1.29 is 9.59 Å². The van der Waals surface area contributed by atoms with E-state index in [1.807, 2.05) is 4.57 Å². The summed E-state index contributed by atoms with van der Waals surface area (Å²) >= 11 is 6.14. The number of benzene rings is 1. The van der Waals surface area contributed by atoms with Crippen molar-refractivity contribution in [3.05, 3.63) is 46.5 Å². The highest BCUT2D eigenvalue weighted by molar-refractivity contribution is 6.33. The van der Waals surface area contributed by atoms with Crippen LogP contribution in [0.2, 0.25) is 5.02 Å². The summed E-state index contributed by atoms with van der Waals surface area (Å²) in [5.74, 6) is -0.190. The number of fused-ring (bicyclic) bond motifs is 1. The molecule has 0 bridgehead atoms. The molecule has 2 amide bonds. The average molecular weight is 389 g/mol. The first-order chi connectivity index (χ1) is 13.0. The van der Waals surface area contributed by atoms with Crippen molar-refractivity contribution >= 4 is 29.1 Å². The van der Waals surface area contributed by atoms with E-state index in [4.69, 9.17) is 11.6 Å². The second-order valence-electron chi connectivity index (χ2n) is 6.85. The van der Waals surface area contributed by atoms with Gasteiger partial charge in [-0.05, 0) is 37.8 Å². The van der Waals surface area contributed by atoms with Crippen molar-refractivity contribution in [3.63, 3.8) is 0 Å². The second kappa shape index (κ2) is 8.57. The normalized spacial score (nSPS) is 13.1. The number of nitrogens with zero attached hydrogens (tertiary/aromatic N) is 3. The lowest BCUT2D eigenvalue weighted by Gasteiger charge is -2.19. The number of amides is 2. The number of hydrogen-bond donors (Lipinski definition) is 1. The molecule has 7 heteroatoms. The highest BCUT2D eigenvalue weighted by Gasteiger charge is 2.29. The molecule has 2 aromatic rings. The van der Waals surface area contributed by atoms with E-state index in [2.05, 4.69) is 17.2 Å². The van der Waals surface area contributed by atoms with Crippen molar-refractivity contribution in [2.24, 2.45) is 0 Å². The number of nitrogens with one attached hydrogen (secondary N) is 1. The molecule has 1 aliphatic rings. The number of carbonyl (C=O) groups excluding carboxylic acids is 2. The van der Waals surface area contributed by atoms with E-state index in [0.717, 1.165) is 37.8 Å². The summed E-state index contributed by atoms with van der Waals surface area (Å²) in [5, 5.41) is 3.28. The molecule has 2 heterocycles. The summed E-state index contributed by atoms with van der Waals surface area (Å²) < 4.78 is 1.89. The van der Waals surface area contributed by atoms with Gasteiger partial charge in [0.1, 0.15) is 5.69 Å². The topological polar surface area (TPSA) is 67.2 Å². The van der Waals surface area contributed by atoms with E-state index >= 15 is 0 Å². The van der Waals surface area contributed by atoms with Gasteiger partial charge in [0.15, 0.2) is 5.82 Å². The van der Waals surface area contributed by atoms with E-state index in [-0.39, 0.29) is 17.6 Å². The van der Waals surface area contributed by atoms with E-state index in [1.54, 1.807) is 36.2 Å². The van der Waals surface area contributed by atoms with Crippen molar-refractivity contribution in [1.29, 1.82) is 0 Å². The fourth-order valence-corrected chi connectivity index (χ4v) is 3.49. The number of anilines is 1. The molecule has 0 saturated heterocycles. The lowest BCUT2D eigenvalue weighted by Crippen LogP contribution is -2.29. The predicted molar refractivity (Wildman–Crippen MR) is 106 cm³/mol. The maximum absolute atomic E-state index is 12.9. The largest absolute Gasteiger partial charge is 0.340 e. The molecular weight excluding hydrogens is 364 g/mol. The SMILES string of the molecule is CCCCN(C)C(=O)c1nc(C(=O)Nc2ccccc2Cl)n2c1CCCC2. The Balaban J connectivity index is 1.90. The summed E-state index contributed by atoms with van der Waals surface area (Å²) in [6.45, 7) is 3.47. The van der Waals surface area contributed by atoms with Gasteiger partial charge in [-0.3, -0.25) is 9.59 Å². The third-order valence-electron chi connectivity index (χ3n) is 4.84. The van der Waals surface area contributed by atoms with Crippen LogP contribution in [0.25, 0.3) is 0 Å². The minimum Gasteiger partial charge on any atom is -0.340 e. The molecule has 144 valence electrons. The van der Waals surface area contributed by atoms with Gasteiger partial charge in [-0.25, -0.2) is 4.98 Å². The van der Waals surface area contributed by atoms with Crippen LogP contribution in [0.5, 0.6) is 0 Å². The number of para-hydroxylation sites is 1. The van der Waals surface area contributed by atoms with E-state index < -0.39 is 0 Å². The van der Waals surface area contributed by atoms with Crippen molar-refractivity contribution in [2.75, 3.05) is 18.9 Å². The van der Waals surface area contributed by atoms with Gasteiger partial charge in [0.2, 0.25) is 0 Å². The highest BCUT2D eigenvalue weighted by atomic mass is 35.5. The maximum Gasteiger partial charge on any atom is 0.291 e. The van der Waals surface area contributed by atoms with Crippen LogP contribution in [0, 0.1) is 0 Å². The smallest absolute Gasteiger partial charge is 0.291 e. The molecule has 1 aliphatic heterocycles. The third kappa shape index (κ3) is 4.16. The molecule has 0 unspecified atom stereocenters. The summed E-state index contributed by atoms with van der Waals surface area (Å²) in [4.78, 5) is 31.9. The van der Waals surface area contributed by atoms with Crippen LogP contribution >= 0.6 is 11.6 Å². The zero-order valence-corrected chi connectivity index (χ0v) is 16.6. The van der Waals surface area contributed by atoms with Gasteiger partial charge in [0, 0.05) is 20.1 Å². The first kappa shape index (κ1) is 19.4. The Hall–Kier alpha value is -2.34. The molecule has 1 N–H and O–H groups in total. The lowest BCUT2D eigenvalue weighted by molar-refractivity contribution is 0.0786.